The molecule has 0 N–H and O–H groups in total. The Morgan fingerprint density at radius 3 is 1.93 bits per heavy atom. The summed E-state index contributed by atoms with van der Waals surface area (Å²) in [5, 5.41) is 0. The highest BCUT2D eigenvalue weighted by atomic mass is 15.2. The third-order valence-electron chi connectivity index (χ3n) is 5.47. The van der Waals surface area contributed by atoms with Crippen LogP contribution in [0.5, 0.6) is 0 Å². The molecule has 2 aromatic carbocycles. The van der Waals surface area contributed by atoms with Gasteiger partial charge in [0.1, 0.15) is 0 Å². The van der Waals surface area contributed by atoms with Crippen molar-refractivity contribution in [3.05, 3.63) is 88.5 Å². The lowest BCUT2D eigenvalue weighted by Gasteiger charge is -2.10. The molecular weight excluding hydrogens is 340 g/mol. The number of hydrogen-bond donors (Lipinski definition) is 0. The molecule has 0 aliphatic carbocycles. The van der Waals surface area contributed by atoms with Gasteiger partial charge in [0.05, 0.1) is 0 Å². The zero-order valence-corrected chi connectivity index (χ0v) is 17.3. The Morgan fingerprint density at radius 1 is 0.679 bits per heavy atom. The highest BCUT2D eigenvalue weighted by molar-refractivity contribution is 5.75. The van der Waals surface area contributed by atoms with Gasteiger partial charge in [0.25, 0.3) is 0 Å². The quantitative estimate of drug-likeness (QED) is 0.303. The van der Waals surface area contributed by atoms with E-state index < -0.39 is 0 Å². The molecule has 2 nitrogen and oxygen atoms in total. The molecular formula is C26H32N2. The van der Waals surface area contributed by atoms with Crippen molar-refractivity contribution in [2.24, 2.45) is 0 Å². The van der Waals surface area contributed by atoms with Crippen molar-refractivity contribution >= 4 is 11.4 Å². The van der Waals surface area contributed by atoms with Crippen LogP contribution in [0, 0.1) is 0 Å². The first-order valence-corrected chi connectivity index (χ1v) is 10.8. The van der Waals surface area contributed by atoms with Crippen LogP contribution in [0.3, 0.4) is 0 Å². The molecule has 0 spiro atoms. The third-order valence-corrected chi connectivity index (χ3v) is 5.47. The van der Waals surface area contributed by atoms with E-state index in [4.69, 9.17) is 0 Å². The number of unbranched alkanes of at least 4 members (excludes halogenated alkanes) is 4. The molecule has 28 heavy (non-hydrogen) atoms. The van der Waals surface area contributed by atoms with Crippen LogP contribution in [-0.2, 0) is 12.8 Å². The van der Waals surface area contributed by atoms with Gasteiger partial charge < -0.3 is 5.53 Å². The molecule has 0 amide bonds. The topological polar surface area (TPSA) is 25.3 Å². The molecule has 1 heterocycles. The fourth-order valence-corrected chi connectivity index (χ4v) is 3.75. The molecule has 2 heteroatoms. The number of aryl methyl sites for hydroxylation is 2. The third kappa shape index (κ3) is 5.07. The van der Waals surface area contributed by atoms with Gasteiger partial charge in [-0.1, -0.05) is 63.8 Å². The monoisotopic (exact) mass is 372 g/mol. The van der Waals surface area contributed by atoms with Gasteiger partial charge >= 0.3 is 0 Å². The minimum Gasteiger partial charge on any atom is -0.493 e. The van der Waals surface area contributed by atoms with E-state index in [-0.39, 0.29) is 0 Å². The van der Waals surface area contributed by atoms with Crippen molar-refractivity contribution in [1.29, 1.82) is 0 Å². The maximum Gasteiger partial charge on any atom is 0.207 e. The maximum atomic E-state index is 10.8. The summed E-state index contributed by atoms with van der Waals surface area (Å²) in [6, 6.07) is 17.2. The SMILES string of the molecule is CCCCCc1ccc(C2=CC=C(c3cccc(CCCCC)c3)[N+]2=[N-])cc1. The van der Waals surface area contributed by atoms with Gasteiger partial charge in [-0.2, -0.15) is 0 Å². The minimum atomic E-state index is 0.839. The van der Waals surface area contributed by atoms with Gasteiger partial charge in [0.15, 0.2) is 0 Å². The Labute approximate surface area is 170 Å². The van der Waals surface area contributed by atoms with Crippen molar-refractivity contribution in [1.82, 2.24) is 0 Å². The lowest BCUT2D eigenvalue weighted by Crippen LogP contribution is -2.02. The largest absolute Gasteiger partial charge is 0.493 e. The summed E-state index contributed by atoms with van der Waals surface area (Å²) in [7, 11) is 0. The highest BCUT2D eigenvalue weighted by Gasteiger charge is 2.22. The molecule has 146 valence electrons. The van der Waals surface area contributed by atoms with E-state index in [1.807, 2.05) is 12.2 Å². The Hall–Kier alpha value is -2.48. The first kappa shape index (κ1) is 20.3. The molecule has 0 atom stereocenters. The van der Waals surface area contributed by atoms with Crippen molar-refractivity contribution in [3.8, 4) is 0 Å². The second kappa shape index (κ2) is 10.2. The fourth-order valence-electron chi connectivity index (χ4n) is 3.75. The second-order valence-corrected chi connectivity index (χ2v) is 7.73. The normalized spacial score (nSPS) is 13.6. The summed E-state index contributed by atoms with van der Waals surface area (Å²) in [6.07, 6.45) is 13.7. The molecule has 0 bridgehead atoms. The van der Waals surface area contributed by atoms with Gasteiger partial charge in [-0.25, -0.2) is 4.70 Å². The smallest absolute Gasteiger partial charge is 0.207 e. The summed E-state index contributed by atoms with van der Waals surface area (Å²) in [4.78, 5) is 0. The van der Waals surface area contributed by atoms with Crippen molar-refractivity contribution in [2.75, 3.05) is 0 Å². The molecule has 1 aliphatic rings. The zero-order chi connectivity index (χ0) is 19.8. The lowest BCUT2D eigenvalue weighted by atomic mass is 10.0. The Kier molecular flexibility index (Phi) is 7.36. The molecule has 0 aromatic heterocycles. The van der Waals surface area contributed by atoms with Gasteiger partial charge in [-0.05, 0) is 61.1 Å². The summed E-state index contributed by atoms with van der Waals surface area (Å²) in [6.45, 7) is 4.46. The first-order chi connectivity index (χ1) is 13.7. The number of hydrogen-bond acceptors (Lipinski definition) is 0. The number of allylic oxidation sites excluding steroid dienone is 2. The van der Waals surface area contributed by atoms with Gasteiger partial charge in [0.2, 0.25) is 11.4 Å². The minimum absolute atomic E-state index is 0.839. The van der Waals surface area contributed by atoms with Crippen molar-refractivity contribution < 1.29 is 4.70 Å². The van der Waals surface area contributed by atoms with Crippen molar-refractivity contribution in [2.45, 2.75) is 65.2 Å². The van der Waals surface area contributed by atoms with Gasteiger partial charge in [-0.3, -0.25) is 0 Å². The average molecular weight is 373 g/mol. The summed E-state index contributed by atoms with van der Waals surface area (Å²) in [5.41, 5.74) is 17.3. The van der Waals surface area contributed by atoms with Crippen LogP contribution in [0.25, 0.3) is 16.9 Å². The Balaban J connectivity index is 1.66. The second-order valence-electron chi connectivity index (χ2n) is 7.73. The summed E-state index contributed by atoms with van der Waals surface area (Å²) >= 11 is 0. The zero-order valence-electron chi connectivity index (χ0n) is 17.3. The van der Waals surface area contributed by atoms with Crippen LogP contribution in [0.1, 0.15) is 74.6 Å². The van der Waals surface area contributed by atoms with Gasteiger partial charge in [-0.15, -0.1) is 0 Å². The molecule has 3 rings (SSSR count). The van der Waals surface area contributed by atoms with Crippen LogP contribution in [0.15, 0.2) is 60.7 Å². The molecule has 0 unspecified atom stereocenters. The standard InChI is InChI=1S/C26H32N2/c1-3-5-7-10-21-14-16-23(17-15-21)25-18-19-26(28(25)27)24-13-9-12-22(20-24)11-8-6-4-2/h9,12-20H,3-8,10-11H2,1-2H3. The van der Waals surface area contributed by atoms with Crippen LogP contribution < -0.4 is 0 Å². The molecule has 0 saturated heterocycles. The first-order valence-electron chi connectivity index (χ1n) is 10.8. The van der Waals surface area contributed by atoms with Crippen LogP contribution >= 0.6 is 0 Å². The van der Waals surface area contributed by atoms with E-state index in [2.05, 4.69) is 62.4 Å². The van der Waals surface area contributed by atoms with Crippen LogP contribution in [0.4, 0.5) is 0 Å². The summed E-state index contributed by atoms with van der Waals surface area (Å²) in [5.74, 6) is 0. The van der Waals surface area contributed by atoms with Gasteiger partial charge in [0, 0.05) is 23.3 Å². The molecule has 0 saturated carbocycles. The number of benzene rings is 2. The Bertz CT molecular complexity index is 856. The van der Waals surface area contributed by atoms with E-state index in [1.54, 1.807) is 0 Å². The molecule has 0 fully saturated rings. The van der Waals surface area contributed by atoms with E-state index in [1.165, 1.54) is 54.3 Å². The maximum absolute atomic E-state index is 10.8. The fraction of sp³-hybridized carbons (Fsp3) is 0.385. The molecule has 1 aliphatic heterocycles. The number of rotatable bonds is 10. The molecule has 0 radical (unpaired) electrons. The van der Waals surface area contributed by atoms with E-state index in [0.29, 0.717) is 0 Å². The summed E-state index contributed by atoms with van der Waals surface area (Å²) < 4.78 is 1.33. The van der Waals surface area contributed by atoms with Crippen LogP contribution in [-0.4, -0.2) is 4.70 Å². The van der Waals surface area contributed by atoms with Crippen molar-refractivity contribution in [3.63, 3.8) is 0 Å². The molecule has 2 aromatic rings. The van der Waals surface area contributed by atoms with E-state index in [9.17, 15) is 5.53 Å². The van der Waals surface area contributed by atoms with Crippen LogP contribution in [0.2, 0.25) is 0 Å². The predicted molar refractivity (Wildman–Crippen MR) is 119 cm³/mol. The predicted octanol–water partition coefficient (Wildman–Crippen LogP) is 7.58. The lowest BCUT2D eigenvalue weighted by molar-refractivity contribution is -0.344. The average Bonchev–Trinajstić information content (AvgIpc) is 3.11. The highest BCUT2D eigenvalue weighted by Crippen LogP contribution is 2.31. The van der Waals surface area contributed by atoms with E-state index in [0.717, 1.165) is 35.4 Å². The Morgan fingerprint density at radius 2 is 1.29 bits per heavy atom. The van der Waals surface area contributed by atoms with E-state index >= 15 is 0 Å². The number of nitrogens with zero attached hydrogens (tertiary/aromatic N) is 2.